The zero-order chi connectivity index (χ0) is 14.6. The topological polar surface area (TPSA) is 75.3 Å². The number of rotatable bonds is 5. The molecule has 0 amide bonds. The van der Waals surface area contributed by atoms with Gasteiger partial charge in [0.15, 0.2) is 0 Å². The van der Waals surface area contributed by atoms with Crippen LogP contribution in [0, 0.1) is 0 Å². The van der Waals surface area contributed by atoms with Crippen LogP contribution >= 0.6 is 0 Å². The van der Waals surface area contributed by atoms with Gasteiger partial charge in [-0.25, -0.2) is 13.1 Å². The molecule has 0 radical (unpaired) electrons. The molecule has 20 heavy (non-hydrogen) atoms. The van der Waals surface area contributed by atoms with Gasteiger partial charge >= 0.3 is 0 Å². The van der Waals surface area contributed by atoms with Gasteiger partial charge in [0.2, 0.25) is 10.0 Å². The number of benzene rings is 1. The number of hydrogen-bond donors (Lipinski definition) is 2. The van der Waals surface area contributed by atoms with Gasteiger partial charge in [-0.2, -0.15) is 0 Å². The Bertz CT molecular complexity index is 560. The molecule has 1 aromatic rings. The maximum Gasteiger partial charge on any atom is 0.240 e. The van der Waals surface area contributed by atoms with E-state index >= 15 is 0 Å². The summed E-state index contributed by atoms with van der Waals surface area (Å²) in [4.78, 5) is 0.282. The van der Waals surface area contributed by atoms with E-state index in [1.165, 1.54) is 0 Å². The molecule has 1 saturated heterocycles. The van der Waals surface area contributed by atoms with Gasteiger partial charge in [-0.1, -0.05) is 12.1 Å². The van der Waals surface area contributed by atoms with Crippen LogP contribution in [0.3, 0.4) is 0 Å². The standard InChI is InChI=1S/C13H20N2O3S2/c1-14-10-11-2-4-13(5-3-11)20(17,18)15-12-6-8-19(16)9-7-12/h2-5,12,14-15H,6-10H2,1H3. The van der Waals surface area contributed by atoms with E-state index in [9.17, 15) is 12.6 Å². The molecular formula is C13H20N2O3S2. The third-order valence-corrected chi connectivity index (χ3v) is 6.24. The van der Waals surface area contributed by atoms with E-state index < -0.39 is 20.8 Å². The SMILES string of the molecule is CNCc1ccc(S(=O)(=O)NC2CCS(=O)CC2)cc1. The minimum atomic E-state index is -3.48. The molecule has 1 aromatic carbocycles. The van der Waals surface area contributed by atoms with E-state index in [-0.39, 0.29) is 10.9 Å². The maximum atomic E-state index is 12.2. The third kappa shape index (κ3) is 4.12. The zero-order valence-electron chi connectivity index (χ0n) is 11.5. The summed E-state index contributed by atoms with van der Waals surface area (Å²) in [5.74, 6) is 1.16. The Morgan fingerprint density at radius 1 is 1.20 bits per heavy atom. The number of hydrogen-bond acceptors (Lipinski definition) is 4. The first-order valence-electron chi connectivity index (χ1n) is 6.62. The monoisotopic (exact) mass is 316 g/mol. The number of nitrogens with one attached hydrogen (secondary N) is 2. The summed E-state index contributed by atoms with van der Waals surface area (Å²) in [5.41, 5.74) is 1.04. The molecule has 2 N–H and O–H groups in total. The van der Waals surface area contributed by atoms with Crippen LogP contribution in [0.1, 0.15) is 18.4 Å². The predicted octanol–water partition coefficient (Wildman–Crippen LogP) is 0.595. The quantitative estimate of drug-likeness (QED) is 0.834. The molecule has 5 nitrogen and oxygen atoms in total. The zero-order valence-corrected chi connectivity index (χ0v) is 13.1. The predicted molar refractivity (Wildman–Crippen MR) is 80.4 cm³/mol. The van der Waals surface area contributed by atoms with Crippen molar-refractivity contribution in [1.29, 1.82) is 0 Å². The van der Waals surface area contributed by atoms with Crippen molar-refractivity contribution in [3.8, 4) is 0 Å². The minimum Gasteiger partial charge on any atom is -0.316 e. The van der Waals surface area contributed by atoms with Gasteiger partial charge in [-0.05, 0) is 37.6 Å². The fourth-order valence-corrected chi connectivity index (χ4v) is 4.79. The first-order valence-corrected chi connectivity index (χ1v) is 9.59. The minimum absolute atomic E-state index is 0.102. The van der Waals surface area contributed by atoms with E-state index in [0.29, 0.717) is 30.9 Å². The van der Waals surface area contributed by atoms with Crippen molar-refractivity contribution < 1.29 is 12.6 Å². The Morgan fingerprint density at radius 2 is 1.80 bits per heavy atom. The van der Waals surface area contributed by atoms with Crippen molar-refractivity contribution in [1.82, 2.24) is 10.0 Å². The normalized spacial score (nSPS) is 23.6. The van der Waals surface area contributed by atoms with Crippen molar-refractivity contribution >= 4 is 20.8 Å². The highest BCUT2D eigenvalue weighted by Crippen LogP contribution is 2.15. The van der Waals surface area contributed by atoms with Crippen LogP contribution in [0.25, 0.3) is 0 Å². The summed E-state index contributed by atoms with van der Waals surface area (Å²) in [6, 6.07) is 6.75. The number of sulfonamides is 1. The lowest BCUT2D eigenvalue weighted by atomic mass is 10.2. The average Bonchev–Trinajstić information content (AvgIpc) is 2.42. The van der Waals surface area contributed by atoms with E-state index in [1.54, 1.807) is 24.3 Å². The van der Waals surface area contributed by atoms with Gasteiger partial charge in [0.1, 0.15) is 0 Å². The van der Waals surface area contributed by atoms with E-state index in [0.717, 1.165) is 5.56 Å². The molecule has 2 rings (SSSR count). The molecule has 0 aromatic heterocycles. The van der Waals surface area contributed by atoms with Crippen molar-refractivity contribution in [2.45, 2.75) is 30.3 Å². The highest BCUT2D eigenvalue weighted by Gasteiger charge is 2.23. The van der Waals surface area contributed by atoms with Crippen LogP contribution in [0.4, 0.5) is 0 Å². The molecule has 0 saturated carbocycles. The molecule has 1 aliphatic rings. The second kappa shape index (κ2) is 6.80. The highest BCUT2D eigenvalue weighted by atomic mass is 32.2. The summed E-state index contributed by atoms with van der Waals surface area (Å²) < 4.78 is 38.5. The lowest BCUT2D eigenvalue weighted by Crippen LogP contribution is -2.39. The molecule has 1 aliphatic heterocycles. The molecular weight excluding hydrogens is 296 g/mol. The lowest BCUT2D eigenvalue weighted by Gasteiger charge is -2.22. The molecule has 0 unspecified atom stereocenters. The Kier molecular flexibility index (Phi) is 5.31. The van der Waals surface area contributed by atoms with Crippen molar-refractivity contribution in [2.24, 2.45) is 0 Å². The molecule has 0 spiro atoms. The molecule has 112 valence electrons. The average molecular weight is 316 g/mol. The smallest absolute Gasteiger partial charge is 0.240 e. The summed E-state index contributed by atoms with van der Waals surface area (Å²) in [6.45, 7) is 0.711. The van der Waals surface area contributed by atoms with Crippen LogP contribution in [0.15, 0.2) is 29.2 Å². The molecule has 0 atom stereocenters. The van der Waals surface area contributed by atoms with Crippen LogP contribution in [0.2, 0.25) is 0 Å². The molecule has 1 heterocycles. The van der Waals surface area contributed by atoms with Crippen LogP contribution < -0.4 is 10.0 Å². The molecule has 7 heteroatoms. The Hall–Kier alpha value is -0.760. The molecule has 0 aliphatic carbocycles. The third-order valence-electron chi connectivity index (χ3n) is 3.32. The maximum absolute atomic E-state index is 12.2. The first-order chi connectivity index (χ1) is 9.51. The molecule has 0 bridgehead atoms. The van der Waals surface area contributed by atoms with E-state index in [2.05, 4.69) is 10.0 Å². The van der Waals surface area contributed by atoms with Gasteiger partial charge in [0.25, 0.3) is 0 Å². The van der Waals surface area contributed by atoms with Gasteiger partial charge in [-0.15, -0.1) is 0 Å². The fraction of sp³-hybridized carbons (Fsp3) is 0.538. The van der Waals surface area contributed by atoms with Gasteiger partial charge < -0.3 is 5.32 Å². The second-order valence-corrected chi connectivity index (χ2v) is 8.33. The largest absolute Gasteiger partial charge is 0.316 e. The molecule has 1 fully saturated rings. The van der Waals surface area contributed by atoms with E-state index in [1.807, 2.05) is 7.05 Å². The van der Waals surface area contributed by atoms with Gasteiger partial charge in [0.05, 0.1) is 4.90 Å². The van der Waals surface area contributed by atoms with E-state index in [4.69, 9.17) is 0 Å². The summed E-state index contributed by atoms with van der Waals surface area (Å²) in [6.07, 6.45) is 1.29. The van der Waals surface area contributed by atoms with Crippen molar-refractivity contribution in [2.75, 3.05) is 18.6 Å². The summed E-state index contributed by atoms with van der Waals surface area (Å²) in [7, 11) is -2.41. The Morgan fingerprint density at radius 3 is 2.35 bits per heavy atom. The Labute approximate surface area is 122 Å². The fourth-order valence-electron chi connectivity index (χ4n) is 2.19. The Balaban J connectivity index is 2.04. The van der Waals surface area contributed by atoms with Crippen molar-refractivity contribution in [3.05, 3.63) is 29.8 Å². The summed E-state index contributed by atoms with van der Waals surface area (Å²) >= 11 is 0. The van der Waals surface area contributed by atoms with Crippen LogP contribution in [-0.2, 0) is 27.4 Å². The van der Waals surface area contributed by atoms with Gasteiger partial charge in [-0.3, -0.25) is 4.21 Å². The van der Waals surface area contributed by atoms with Crippen molar-refractivity contribution in [3.63, 3.8) is 0 Å². The van der Waals surface area contributed by atoms with Crippen LogP contribution in [0.5, 0.6) is 0 Å². The lowest BCUT2D eigenvalue weighted by molar-refractivity contribution is 0.522. The summed E-state index contributed by atoms with van der Waals surface area (Å²) in [5, 5.41) is 3.02. The van der Waals surface area contributed by atoms with Gasteiger partial charge in [0, 0.05) is 34.9 Å². The first kappa shape index (κ1) is 15.6. The highest BCUT2D eigenvalue weighted by molar-refractivity contribution is 7.89. The van der Waals surface area contributed by atoms with Crippen LogP contribution in [-0.4, -0.2) is 37.2 Å². The second-order valence-electron chi connectivity index (χ2n) is 4.92.